The van der Waals surface area contributed by atoms with Crippen LogP contribution in [0.3, 0.4) is 0 Å². The molecular weight excluding hydrogens is 368 g/mol. The fourth-order valence-corrected chi connectivity index (χ4v) is 3.12. The number of hydrogen-bond acceptors (Lipinski definition) is 5. The molecule has 144 valence electrons. The van der Waals surface area contributed by atoms with Gasteiger partial charge in [0.25, 0.3) is 0 Å². The normalized spacial score (nSPS) is 14.2. The first kappa shape index (κ1) is 19.4. The Bertz CT molecular complexity index is 770. The van der Waals surface area contributed by atoms with Gasteiger partial charge in [-0.2, -0.15) is 4.98 Å². The van der Waals surface area contributed by atoms with Crippen molar-refractivity contribution in [2.24, 2.45) is 0 Å². The lowest BCUT2D eigenvalue weighted by Gasteiger charge is -2.26. The molecule has 7 nitrogen and oxygen atoms in total. The van der Waals surface area contributed by atoms with Gasteiger partial charge >= 0.3 is 0 Å². The summed E-state index contributed by atoms with van der Waals surface area (Å²) in [6.07, 6.45) is 4.26. The number of nitrogens with zero attached hydrogens (tertiary/aromatic N) is 3. The van der Waals surface area contributed by atoms with Crippen molar-refractivity contribution >= 4 is 23.4 Å². The predicted molar refractivity (Wildman–Crippen MR) is 101 cm³/mol. The first-order valence-corrected chi connectivity index (χ1v) is 9.62. The number of aryl methyl sites for hydroxylation is 1. The van der Waals surface area contributed by atoms with Gasteiger partial charge in [0.05, 0.1) is 0 Å². The average molecular weight is 391 g/mol. The number of aromatic nitrogens is 2. The summed E-state index contributed by atoms with van der Waals surface area (Å²) in [7, 11) is 0. The van der Waals surface area contributed by atoms with Gasteiger partial charge in [0.15, 0.2) is 0 Å². The summed E-state index contributed by atoms with van der Waals surface area (Å²) in [4.78, 5) is 30.2. The van der Waals surface area contributed by atoms with Crippen molar-refractivity contribution in [3.8, 4) is 11.4 Å². The molecule has 1 saturated heterocycles. The second kappa shape index (κ2) is 9.50. The van der Waals surface area contributed by atoms with Gasteiger partial charge in [0.2, 0.25) is 23.5 Å². The first-order valence-electron chi connectivity index (χ1n) is 9.25. The van der Waals surface area contributed by atoms with Crippen LogP contribution in [-0.2, 0) is 16.0 Å². The van der Waals surface area contributed by atoms with Crippen molar-refractivity contribution in [3.05, 3.63) is 35.2 Å². The highest BCUT2D eigenvalue weighted by molar-refractivity contribution is 6.30. The largest absolute Gasteiger partial charge is 0.356 e. The number of carbonyl (C=O) groups is 2. The van der Waals surface area contributed by atoms with Crippen LogP contribution < -0.4 is 5.32 Å². The summed E-state index contributed by atoms with van der Waals surface area (Å²) in [5.41, 5.74) is 0.801. The van der Waals surface area contributed by atoms with Gasteiger partial charge in [-0.3, -0.25) is 9.59 Å². The number of hydrogen-bond donors (Lipinski definition) is 1. The standard InChI is InChI=1S/C19H23ClN4O3/c20-15-6-4-14(5-7-15)19-22-17(27-23-19)9-8-16(25)21-11-10-18(26)24-12-2-1-3-13-24/h4-7H,1-3,8-13H2,(H,21,25). The van der Waals surface area contributed by atoms with Crippen molar-refractivity contribution in [1.29, 1.82) is 0 Å². The van der Waals surface area contributed by atoms with Crippen LogP contribution in [-0.4, -0.2) is 46.5 Å². The van der Waals surface area contributed by atoms with Gasteiger partial charge in [0, 0.05) is 49.5 Å². The molecule has 1 aromatic heterocycles. The van der Waals surface area contributed by atoms with E-state index in [4.69, 9.17) is 16.1 Å². The fourth-order valence-electron chi connectivity index (χ4n) is 2.99. The second-order valence-corrected chi connectivity index (χ2v) is 7.00. The van der Waals surface area contributed by atoms with Crippen LogP contribution in [0.5, 0.6) is 0 Å². The van der Waals surface area contributed by atoms with Crippen LogP contribution in [0.1, 0.15) is 38.0 Å². The smallest absolute Gasteiger partial charge is 0.227 e. The molecule has 1 N–H and O–H groups in total. The zero-order valence-corrected chi connectivity index (χ0v) is 15.9. The monoisotopic (exact) mass is 390 g/mol. The molecule has 1 aliphatic heterocycles. The average Bonchev–Trinajstić information content (AvgIpc) is 3.16. The van der Waals surface area contributed by atoms with Crippen molar-refractivity contribution in [2.75, 3.05) is 19.6 Å². The molecule has 2 aromatic rings. The van der Waals surface area contributed by atoms with E-state index in [1.807, 2.05) is 17.0 Å². The number of benzene rings is 1. The lowest BCUT2D eigenvalue weighted by Crippen LogP contribution is -2.37. The summed E-state index contributed by atoms with van der Waals surface area (Å²) in [5, 5.41) is 7.33. The SMILES string of the molecule is O=C(CCc1nc(-c2ccc(Cl)cc2)no1)NCCC(=O)N1CCCCC1. The van der Waals surface area contributed by atoms with E-state index in [2.05, 4.69) is 15.5 Å². The molecule has 0 unspecified atom stereocenters. The van der Waals surface area contributed by atoms with Crippen LogP contribution in [0.15, 0.2) is 28.8 Å². The Labute approximate surface area is 163 Å². The van der Waals surface area contributed by atoms with Crippen molar-refractivity contribution in [3.63, 3.8) is 0 Å². The van der Waals surface area contributed by atoms with E-state index >= 15 is 0 Å². The number of likely N-dealkylation sites (tertiary alicyclic amines) is 1. The first-order chi connectivity index (χ1) is 13.1. The number of halogens is 1. The Kier molecular flexibility index (Phi) is 6.81. The van der Waals surface area contributed by atoms with E-state index in [0.717, 1.165) is 31.5 Å². The van der Waals surface area contributed by atoms with E-state index < -0.39 is 0 Å². The number of carbonyl (C=O) groups excluding carboxylic acids is 2. The molecule has 0 bridgehead atoms. The van der Waals surface area contributed by atoms with Crippen molar-refractivity contribution in [2.45, 2.75) is 38.5 Å². The Morgan fingerprint density at radius 1 is 1.11 bits per heavy atom. The van der Waals surface area contributed by atoms with Crippen LogP contribution in [0.2, 0.25) is 5.02 Å². The Hall–Kier alpha value is -2.41. The number of amides is 2. The van der Waals surface area contributed by atoms with E-state index in [1.165, 1.54) is 6.42 Å². The van der Waals surface area contributed by atoms with Crippen LogP contribution >= 0.6 is 11.6 Å². The Balaban J connectivity index is 1.38. The minimum absolute atomic E-state index is 0.111. The summed E-state index contributed by atoms with van der Waals surface area (Å²) in [6.45, 7) is 2.02. The molecule has 1 fully saturated rings. The minimum atomic E-state index is -0.132. The molecule has 0 saturated carbocycles. The van der Waals surface area contributed by atoms with E-state index in [1.54, 1.807) is 12.1 Å². The molecule has 2 amide bonds. The van der Waals surface area contributed by atoms with Gasteiger partial charge in [0.1, 0.15) is 0 Å². The number of nitrogens with one attached hydrogen (secondary N) is 1. The van der Waals surface area contributed by atoms with E-state index in [0.29, 0.717) is 36.1 Å². The summed E-state index contributed by atoms with van der Waals surface area (Å²) in [5.74, 6) is 0.848. The van der Waals surface area contributed by atoms with Gasteiger partial charge in [-0.05, 0) is 43.5 Å². The molecule has 2 heterocycles. The van der Waals surface area contributed by atoms with Crippen LogP contribution in [0.4, 0.5) is 0 Å². The highest BCUT2D eigenvalue weighted by Gasteiger charge is 2.16. The molecular formula is C19H23ClN4O3. The molecule has 8 heteroatoms. The van der Waals surface area contributed by atoms with Gasteiger partial charge in [-0.1, -0.05) is 16.8 Å². The topological polar surface area (TPSA) is 88.3 Å². The lowest BCUT2D eigenvalue weighted by molar-refractivity contribution is -0.132. The Morgan fingerprint density at radius 2 is 1.85 bits per heavy atom. The maximum atomic E-state index is 12.1. The zero-order chi connectivity index (χ0) is 19.1. The molecule has 0 radical (unpaired) electrons. The van der Waals surface area contributed by atoms with Gasteiger partial charge < -0.3 is 14.7 Å². The minimum Gasteiger partial charge on any atom is -0.356 e. The molecule has 27 heavy (non-hydrogen) atoms. The molecule has 1 aromatic carbocycles. The Morgan fingerprint density at radius 3 is 2.59 bits per heavy atom. The number of rotatable bonds is 7. The third kappa shape index (κ3) is 5.79. The predicted octanol–water partition coefficient (Wildman–Crippen LogP) is 2.84. The van der Waals surface area contributed by atoms with Gasteiger partial charge in [-0.25, -0.2) is 0 Å². The fraction of sp³-hybridized carbons (Fsp3) is 0.474. The molecule has 0 aliphatic carbocycles. The quantitative estimate of drug-likeness (QED) is 0.785. The lowest BCUT2D eigenvalue weighted by atomic mass is 10.1. The molecule has 0 spiro atoms. The van der Waals surface area contributed by atoms with E-state index in [-0.39, 0.29) is 18.2 Å². The van der Waals surface area contributed by atoms with Crippen LogP contribution in [0, 0.1) is 0 Å². The molecule has 0 atom stereocenters. The zero-order valence-electron chi connectivity index (χ0n) is 15.1. The highest BCUT2D eigenvalue weighted by Crippen LogP contribution is 2.19. The molecule has 1 aliphatic rings. The maximum Gasteiger partial charge on any atom is 0.227 e. The highest BCUT2D eigenvalue weighted by atomic mass is 35.5. The van der Waals surface area contributed by atoms with Gasteiger partial charge in [-0.15, -0.1) is 0 Å². The third-order valence-corrected chi connectivity index (χ3v) is 4.76. The summed E-state index contributed by atoms with van der Waals surface area (Å²) in [6, 6.07) is 7.13. The van der Waals surface area contributed by atoms with E-state index in [9.17, 15) is 9.59 Å². The van der Waals surface area contributed by atoms with Crippen LogP contribution in [0.25, 0.3) is 11.4 Å². The third-order valence-electron chi connectivity index (χ3n) is 4.51. The number of piperidine rings is 1. The molecule has 3 rings (SSSR count). The van der Waals surface area contributed by atoms with Crippen molar-refractivity contribution in [1.82, 2.24) is 20.4 Å². The maximum absolute atomic E-state index is 12.1. The van der Waals surface area contributed by atoms with Crippen molar-refractivity contribution < 1.29 is 14.1 Å². The second-order valence-electron chi connectivity index (χ2n) is 6.56. The summed E-state index contributed by atoms with van der Waals surface area (Å²) < 4.78 is 5.19. The summed E-state index contributed by atoms with van der Waals surface area (Å²) >= 11 is 5.86.